The first-order chi connectivity index (χ1) is 14.6. The zero-order valence-electron chi connectivity index (χ0n) is 16.6. The molecule has 0 spiro atoms. The second-order valence-electron chi connectivity index (χ2n) is 6.74. The first-order valence-corrected chi connectivity index (χ1v) is 9.53. The second-order valence-corrected chi connectivity index (χ2v) is 6.74. The smallest absolute Gasteiger partial charge is 0.283 e. The third kappa shape index (κ3) is 3.86. The lowest BCUT2D eigenvalue weighted by Crippen LogP contribution is -2.31. The van der Waals surface area contributed by atoms with Crippen molar-refractivity contribution in [3.05, 3.63) is 71.8 Å². The molecule has 30 heavy (non-hydrogen) atoms. The van der Waals surface area contributed by atoms with E-state index in [1.54, 1.807) is 40.8 Å². The van der Waals surface area contributed by atoms with Crippen molar-refractivity contribution in [2.75, 3.05) is 6.54 Å². The van der Waals surface area contributed by atoms with Crippen LogP contribution in [-0.4, -0.2) is 37.3 Å². The number of hydrogen-bond donors (Lipinski definition) is 0. The molecular weight excluding hydrogens is 389 g/mol. The van der Waals surface area contributed by atoms with Crippen LogP contribution in [-0.2, 0) is 6.54 Å². The van der Waals surface area contributed by atoms with Crippen molar-refractivity contribution in [1.29, 1.82) is 0 Å². The summed E-state index contributed by atoms with van der Waals surface area (Å²) in [5.41, 5.74) is 1.79. The zero-order chi connectivity index (χ0) is 21.1. The largest absolute Gasteiger partial charge is 0.459 e. The predicted octanol–water partition coefficient (Wildman–Crippen LogP) is 4.02. The number of carbonyl (C=O) groups excluding carboxylic acids is 1. The van der Waals surface area contributed by atoms with Crippen molar-refractivity contribution in [2.45, 2.75) is 26.8 Å². The van der Waals surface area contributed by atoms with Gasteiger partial charge >= 0.3 is 0 Å². The highest BCUT2D eigenvalue weighted by Crippen LogP contribution is 2.20. The van der Waals surface area contributed by atoms with Crippen molar-refractivity contribution >= 4 is 5.91 Å². The molecule has 0 aliphatic carbocycles. The monoisotopic (exact) mass is 409 g/mol. The van der Waals surface area contributed by atoms with Crippen molar-refractivity contribution in [3.63, 3.8) is 0 Å². The Balaban J connectivity index is 1.56. The third-order valence-corrected chi connectivity index (χ3v) is 4.62. The summed E-state index contributed by atoms with van der Waals surface area (Å²) < 4.78 is 25.7. The van der Waals surface area contributed by atoms with Crippen LogP contribution in [0.3, 0.4) is 0 Å². The molecule has 4 rings (SSSR count). The summed E-state index contributed by atoms with van der Waals surface area (Å²) >= 11 is 0. The Labute approximate surface area is 171 Å². The van der Waals surface area contributed by atoms with E-state index in [0.29, 0.717) is 35.1 Å². The van der Waals surface area contributed by atoms with Crippen molar-refractivity contribution in [2.24, 2.45) is 0 Å². The summed E-state index contributed by atoms with van der Waals surface area (Å²) in [6.45, 7) is 4.46. The highest BCUT2D eigenvalue weighted by atomic mass is 19.1. The van der Waals surface area contributed by atoms with Gasteiger partial charge in [0.05, 0.1) is 35.9 Å². The Morgan fingerprint density at radius 2 is 2.00 bits per heavy atom. The Kier molecular flexibility index (Phi) is 5.42. The van der Waals surface area contributed by atoms with Crippen LogP contribution in [0.1, 0.15) is 35.3 Å². The topological polar surface area (TPSA) is 90.2 Å². The lowest BCUT2D eigenvalue weighted by molar-refractivity contribution is 0.0728. The van der Waals surface area contributed by atoms with Gasteiger partial charge in [-0.25, -0.2) is 9.07 Å². The van der Waals surface area contributed by atoms with Gasteiger partial charge in [-0.2, -0.15) is 5.10 Å². The molecule has 154 valence electrons. The number of hydrogen-bond acceptors (Lipinski definition) is 6. The predicted molar refractivity (Wildman–Crippen MR) is 105 cm³/mol. The minimum atomic E-state index is -0.331. The lowest BCUT2D eigenvalue weighted by Gasteiger charge is -2.20. The fourth-order valence-corrected chi connectivity index (χ4v) is 3.14. The van der Waals surface area contributed by atoms with Gasteiger partial charge in [-0.1, -0.05) is 6.92 Å². The van der Waals surface area contributed by atoms with Gasteiger partial charge < -0.3 is 13.7 Å². The Morgan fingerprint density at radius 1 is 1.20 bits per heavy atom. The van der Waals surface area contributed by atoms with Crippen LogP contribution in [0, 0.1) is 12.7 Å². The van der Waals surface area contributed by atoms with Gasteiger partial charge in [-0.3, -0.25) is 4.79 Å². The average molecular weight is 409 g/mol. The van der Waals surface area contributed by atoms with Crippen LogP contribution < -0.4 is 0 Å². The molecule has 0 atom stereocenters. The average Bonchev–Trinajstić information content (AvgIpc) is 3.49. The van der Waals surface area contributed by atoms with Crippen LogP contribution in [0.5, 0.6) is 0 Å². The summed E-state index contributed by atoms with van der Waals surface area (Å²) in [6.07, 6.45) is 3.80. The van der Waals surface area contributed by atoms with Crippen LogP contribution in [0.15, 0.2) is 57.7 Å². The minimum Gasteiger partial charge on any atom is -0.459 e. The maximum Gasteiger partial charge on any atom is 0.283 e. The lowest BCUT2D eigenvalue weighted by atomic mass is 10.2. The molecule has 0 bridgehead atoms. The third-order valence-electron chi connectivity index (χ3n) is 4.62. The van der Waals surface area contributed by atoms with E-state index in [2.05, 4.69) is 15.3 Å². The number of rotatable bonds is 7. The van der Waals surface area contributed by atoms with E-state index in [0.717, 1.165) is 6.42 Å². The van der Waals surface area contributed by atoms with E-state index in [4.69, 9.17) is 8.83 Å². The summed E-state index contributed by atoms with van der Waals surface area (Å²) in [7, 11) is 0. The SMILES string of the molecule is CCCN(Cc1nnc(-c2ccco2)o1)C(=O)c1cnn(-c2ccc(F)cc2)c1C. The molecule has 0 saturated heterocycles. The molecule has 4 aromatic rings. The molecule has 0 saturated carbocycles. The van der Waals surface area contributed by atoms with E-state index in [1.807, 2.05) is 6.92 Å². The van der Waals surface area contributed by atoms with Gasteiger partial charge in [0.15, 0.2) is 5.76 Å². The molecule has 3 heterocycles. The van der Waals surface area contributed by atoms with Crippen LogP contribution >= 0.6 is 0 Å². The number of aromatic nitrogens is 4. The van der Waals surface area contributed by atoms with Gasteiger partial charge in [0.2, 0.25) is 5.89 Å². The summed E-state index contributed by atoms with van der Waals surface area (Å²) in [4.78, 5) is 14.8. The molecular formula is C21H20FN5O3. The number of carbonyl (C=O) groups is 1. The highest BCUT2D eigenvalue weighted by molar-refractivity contribution is 5.95. The molecule has 9 heteroatoms. The first kappa shape index (κ1) is 19.6. The Bertz CT molecular complexity index is 1130. The molecule has 0 N–H and O–H groups in total. The number of amides is 1. The molecule has 0 fully saturated rings. The van der Waals surface area contributed by atoms with Crippen LogP contribution in [0.2, 0.25) is 0 Å². The standard InChI is InChI=1S/C21H20FN5O3/c1-3-10-26(13-19-24-25-20(30-19)18-5-4-11-29-18)21(28)17-12-23-27(14(17)2)16-8-6-15(22)7-9-16/h4-9,11-12H,3,10,13H2,1-2H3. The quantitative estimate of drug-likeness (QED) is 0.458. The van der Waals surface area contributed by atoms with E-state index < -0.39 is 0 Å². The Hall–Kier alpha value is -3.75. The van der Waals surface area contributed by atoms with Crippen LogP contribution in [0.25, 0.3) is 17.3 Å². The van der Waals surface area contributed by atoms with Crippen LogP contribution in [0.4, 0.5) is 4.39 Å². The normalized spacial score (nSPS) is 11.0. The fraction of sp³-hybridized carbons (Fsp3) is 0.238. The van der Waals surface area contributed by atoms with Gasteiger partial charge in [0, 0.05) is 6.54 Å². The van der Waals surface area contributed by atoms with E-state index in [-0.39, 0.29) is 24.2 Å². The number of benzene rings is 1. The summed E-state index contributed by atoms with van der Waals surface area (Å²) in [6, 6.07) is 9.39. The molecule has 3 aromatic heterocycles. The molecule has 0 radical (unpaired) electrons. The Morgan fingerprint density at radius 3 is 2.70 bits per heavy atom. The van der Waals surface area contributed by atoms with Gasteiger partial charge in [0.1, 0.15) is 5.82 Å². The van der Waals surface area contributed by atoms with Crippen molar-refractivity contribution in [1.82, 2.24) is 24.9 Å². The molecule has 0 unspecified atom stereocenters. The van der Waals surface area contributed by atoms with E-state index in [1.165, 1.54) is 24.6 Å². The minimum absolute atomic E-state index is 0.168. The van der Waals surface area contributed by atoms with Crippen molar-refractivity contribution < 1.29 is 18.0 Å². The maximum atomic E-state index is 13.2. The van der Waals surface area contributed by atoms with Gasteiger partial charge in [-0.05, 0) is 49.7 Å². The van der Waals surface area contributed by atoms with E-state index in [9.17, 15) is 9.18 Å². The number of halogens is 1. The van der Waals surface area contributed by atoms with Gasteiger partial charge in [-0.15, -0.1) is 10.2 Å². The van der Waals surface area contributed by atoms with E-state index >= 15 is 0 Å². The number of nitrogens with zero attached hydrogens (tertiary/aromatic N) is 5. The molecule has 0 aliphatic heterocycles. The molecule has 8 nitrogen and oxygen atoms in total. The summed E-state index contributed by atoms with van der Waals surface area (Å²) in [5, 5.41) is 12.3. The highest BCUT2D eigenvalue weighted by Gasteiger charge is 2.23. The molecule has 0 aliphatic rings. The fourth-order valence-electron chi connectivity index (χ4n) is 3.14. The molecule has 1 aromatic carbocycles. The van der Waals surface area contributed by atoms with Crippen molar-refractivity contribution in [3.8, 4) is 17.3 Å². The second kappa shape index (κ2) is 8.32. The summed E-state index contributed by atoms with van der Waals surface area (Å²) in [5.74, 6) is 0.521. The van der Waals surface area contributed by atoms with Gasteiger partial charge in [0.25, 0.3) is 11.8 Å². The maximum absolute atomic E-state index is 13.2. The zero-order valence-corrected chi connectivity index (χ0v) is 16.6. The first-order valence-electron chi connectivity index (χ1n) is 9.53. The number of furan rings is 1. The molecule has 1 amide bonds.